The molecule has 1 aromatic carbocycles. The number of para-hydroxylation sites is 1. The molecule has 1 amide bonds. The number of likely N-dealkylation sites (tertiary alicyclic amines) is 1. The van der Waals surface area contributed by atoms with Gasteiger partial charge in [-0.1, -0.05) is 12.1 Å². The molecule has 10 nitrogen and oxygen atoms in total. The van der Waals surface area contributed by atoms with Crippen molar-refractivity contribution in [3.8, 4) is 5.75 Å². The molecule has 10 heteroatoms. The molecule has 2 fully saturated rings. The maximum atomic E-state index is 12.7. The van der Waals surface area contributed by atoms with Gasteiger partial charge >= 0.3 is 6.09 Å². The zero-order valence-electron chi connectivity index (χ0n) is 17.3. The van der Waals surface area contributed by atoms with E-state index >= 15 is 0 Å². The number of amides is 1. The Labute approximate surface area is 180 Å². The summed E-state index contributed by atoms with van der Waals surface area (Å²) in [5.74, 6) is 0.832. The number of piperidine rings is 1. The van der Waals surface area contributed by atoms with E-state index in [0.717, 1.165) is 39.1 Å². The predicted molar refractivity (Wildman–Crippen MR) is 117 cm³/mol. The van der Waals surface area contributed by atoms with Crippen molar-refractivity contribution in [3.63, 3.8) is 0 Å². The van der Waals surface area contributed by atoms with Crippen molar-refractivity contribution in [1.29, 1.82) is 0 Å². The minimum atomic E-state index is -0.378. The zero-order chi connectivity index (χ0) is 21.6. The van der Waals surface area contributed by atoms with E-state index in [2.05, 4.69) is 20.1 Å². The largest absolute Gasteiger partial charge is 0.415 e. The van der Waals surface area contributed by atoms with Crippen LogP contribution in [-0.2, 0) is 4.74 Å². The number of aromatic nitrogens is 1. The number of anilines is 2. The highest BCUT2D eigenvalue weighted by Crippen LogP contribution is 2.31. The number of hydrogen-bond donors (Lipinski definition) is 2. The second kappa shape index (κ2) is 9.71. The van der Waals surface area contributed by atoms with Gasteiger partial charge < -0.3 is 25.8 Å². The van der Waals surface area contributed by atoms with E-state index in [9.17, 15) is 4.79 Å². The highest BCUT2D eigenvalue weighted by Gasteiger charge is 2.28. The molecular weight excluding hydrogens is 398 g/mol. The minimum Gasteiger partial charge on any atom is -0.408 e. The fourth-order valence-electron chi connectivity index (χ4n) is 3.82. The summed E-state index contributed by atoms with van der Waals surface area (Å²) in [6, 6.07) is 10.7. The first-order chi connectivity index (χ1) is 15.1. The molecule has 4 N–H and O–H groups in total. The summed E-state index contributed by atoms with van der Waals surface area (Å²) in [5.41, 5.74) is 12.2. The molecule has 164 valence electrons. The van der Waals surface area contributed by atoms with Crippen molar-refractivity contribution in [2.45, 2.75) is 18.9 Å². The fraction of sp³-hybridized carbons (Fsp3) is 0.429. The van der Waals surface area contributed by atoms with Crippen LogP contribution in [0.3, 0.4) is 0 Å². The third kappa shape index (κ3) is 5.28. The van der Waals surface area contributed by atoms with Crippen molar-refractivity contribution in [2.24, 2.45) is 10.2 Å². The highest BCUT2D eigenvalue weighted by atomic mass is 16.6. The molecule has 2 saturated heterocycles. The van der Waals surface area contributed by atoms with Crippen LogP contribution in [0.5, 0.6) is 5.75 Å². The molecule has 4 rings (SSSR count). The quantitative estimate of drug-likeness (QED) is 0.720. The van der Waals surface area contributed by atoms with Gasteiger partial charge in [-0.3, -0.25) is 4.90 Å². The van der Waals surface area contributed by atoms with E-state index in [1.807, 2.05) is 0 Å². The van der Waals surface area contributed by atoms with Crippen LogP contribution >= 0.6 is 0 Å². The lowest BCUT2D eigenvalue weighted by atomic mass is 10.0. The van der Waals surface area contributed by atoms with E-state index in [4.69, 9.17) is 20.9 Å². The second-order valence-electron chi connectivity index (χ2n) is 7.54. The van der Waals surface area contributed by atoms with Gasteiger partial charge in [0, 0.05) is 32.2 Å². The average molecular weight is 425 g/mol. The van der Waals surface area contributed by atoms with Gasteiger partial charge in [-0.2, -0.15) is 0 Å². The standard InChI is InChI=1S/C21H27N7O3/c22-19-6-5-17(20(23)24-19)26-25-16-3-1-2-4-18(16)31-21(29)28-9-7-15(8-10-28)27-11-13-30-14-12-27/h1-6,15H,7-14H2,(H4,22,23,24)/b26-25+. The Morgan fingerprint density at radius 2 is 1.71 bits per heavy atom. The lowest BCUT2D eigenvalue weighted by Gasteiger charge is -2.39. The van der Waals surface area contributed by atoms with E-state index in [0.29, 0.717) is 42.1 Å². The first-order valence-electron chi connectivity index (χ1n) is 10.4. The van der Waals surface area contributed by atoms with Gasteiger partial charge in [-0.15, -0.1) is 10.2 Å². The number of carbonyl (C=O) groups excluding carboxylic acids is 1. The number of benzene rings is 1. The van der Waals surface area contributed by atoms with Crippen LogP contribution in [0.25, 0.3) is 0 Å². The molecule has 0 atom stereocenters. The summed E-state index contributed by atoms with van der Waals surface area (Å²) in [4.78, 5) is 20.9. The zero-order valence-corrected chi connectivity index (χ0v) is 17.3. The normalized spacial score (nSPS) is 18.4. The molecule has 0 unspecified atom stereocenters. The van der Waals surface area contributed by atoms with Crippen LogP contribution in [0.15, 0.2) is 46.6 Å². The van der Waals surface area contributed by atoms with Crippen molar-refractivity contribution in [3.05, 3.63) is 36.4 Å². The van der Waals surface area contributed by atoms with Gasteiger partial charge in [-0.05, 0) is 37.1 Å². The topological polar surface area (TPSA) is 132 Å². The summed E-state index contributed by atoms with van der Waals surface area (Å²) in [7, 11) is 0. The fourth-order valence-corrected chi connectivity index (χ4v) is 3.82. The Morgan fingerprint density at radius 1 is 1.00 bits per heavy atom. The van der Waals surface area contributed by atoms with Gasteiger partial charge in [0.05, 0.1) is 13.2 Å². The Hall–Kier alpha value is -3.24. The van der Waals surface area contributed by atoms with Gasteiger partial charge in [0.1, 0.15) is 17.2 Å². The third-order valence-corrected chi connectivity index (χ3v) is 5.54. The molecule has 0 spiro atoms. The summed E-state index contributed by atoms with van der Waals surface area (Å²) in [5, 5.41) is 8.31. The molecule has 3 heterocycles. The van der Waals surface area contributed by atoms with Gasteiger partial charge in [0.25, 0.3) is 0 Å². The number of rotatable bonds is 4. The molecule has 31 heavy (non-hydrogen) atoms. The number of azo groups is 1. The number of pyridine rings is 1. The summed E-state index contributed by atoms with van der Waals surface area (Å²) in [6.45, 7) is 4.82. The van der Waals surface area contributed by atoms with Crippen molar-refractivity contribution in [2.75, 3.05) is 50.9 Å². The number of nitrogens with two attached hydrogens (primary N) is 2. The number of carbonyl (C=O) groups is 1. The van der Waals surface area contributed by atoms with Crippen LogP contribution in [0.4, 0.5) is 27.8 Å². The van der Waals surface area contributed by atoms with E-state index in [1.54, 1.807) is 41.3 Å². The predicted octanol–water partition coefficient (Wildman–Crippen LogP) is 2.96. The molecule has 2 aromatic rings. The second-order valence-corrected chi connectivity index (χ2v) is 7.54. The first kappa shape index (κ1) is 21.0. The van der Waals surface area contributed by atoms with Crippen molar-refractivity contribution >= 4 is 29.1 Å². The SMILES string of the molecule is Nc1ccc(/N=N/c2ccccc2OC(=O)N2CCC(N3CCOCC3)CC2)c(N)n1. The Bertz CT molecular complexity index is 938. The van der Waals surface area contributed by atoms with Crippen LogP contribution in [0, 0.1) is 0 Å². The molecule has 2 aliphatic heterocycles. The number of hydrogen-bond acceptors (Lipinski definition) is 9. The Balaban J connectivity index is 1.37. The molecule has 0 radical (unpaired) electrons. The number of nitrogen functional groups attached to an aromatic ring is 2. The number of nitrogens with zero attached hydrogens (tertiary/aromatic N) is 5. The van der Waals surface area contributed by atoms with Crippen LogP contribution in [0.1, 0.15) is 12.8 Å². The third-order valence-electron chi connectivity index (χ3n) is 5.54. The molecular formula is C21H27N7O3. The smallest absolute Gasteiger partial charge is 0.408 e. The average Bonchev–Trinajstić information content (AvgIpc) is 2.80. The molecule has 0 bridgehead atoms. The van der Waals surface area contributed by atoms with E-state index in [1.165, 1.54) is 0 Å². The van der Waals surface area contributed by atoms with Crippen LogP contribution in [-0.4, -0.2) is 66.3 Å². The van der Waals surface area contributed by atoms with Gasteiger partial charge in [0.2, 0.25) is 0 Å². The summed E-state index contributed by atoms with van der Waals surface area (Å²) in [6.07, 6.45) is 1.48. The number of morpholine rings is 1. The maximum Gasteiger partial charge on any atom is 0.415 e. The summed E-state index contributed by atoms with van der Waals surface area (Å²) >= 11 is 0. The first-order valence-corrected chi connectivity index (χ1v) is 10.4. The molecule has 1 aromatic heterocycles. The van der Waals surface area contributed by atoms with Gasteiger partial charge in [-0.25, -0.2) is 9.78 Å². The molecule has 0 aliphatic carbocycles. The van der Waals surface area contributed by atoms with Gasteiger partial charge in [0.15, 0.2) is 11.6 Å². The van der Waals surface area contributed by atoms with E-state index < -0.39 is 0 Å². The lowest BCUT2D eigenvalue weighted by Crippen LogP contribution is -2.50. The minimum absolute atomic E-state index is 0.182. The Kier molecular flexibility index (Phi) is 6.58. The highest BCUT2D eigenvalue weighted by molar-refractivity contribution is 5.73. The van der Waals surface area contributed by atoms with E-state index in [-0.39, 0.29) is 11.9 Å². The lowest BCUT2D eigenvalue weighted by molar-refractivity contribution is 0.00235. The summed E-state index contributed by atoms with van der Waals surface area (Å²) < 4.78 is 11.1. The maximum absolute atomic E-state index is 12.7. The monoisotopic (exact) mass is 425 g/mol. The number of ether oxygens (including phenoxy) is 2. The van der Waals surface area contributed by atoms with Crippen molar-refractivity contribution in [1.82, 2.24) is 14.8 Å². The van der Waals surface area contributed by atoms with Crippen molar-refractivity contribution < 1.29 is 14.3 Å². The van der Waals surface area contributed by atoms with Crippen LogP contribution < -0.4 is 16.2 Å². The Morgan fingerprint density at radius 3 is 2.45 bits per heavy atom. The van der Waals surface area contributed by atoms with Crippen LogP contribution in [0.2, 0.25) is 0 Å². The molecule has 0 saturated carbocycles. The molecule has 2 aliphatic rings.